The van der Waals surface area contributed by atoms with Gasteiger partial charge in [-0.15, -0.1) is 0 Å². The van der Waals surface area contributed by atoms with Gasteiger partial charge in [0.15, 0.2) is 5.69 Å². The Morgan fingerprint density at radius 3 is 2.79 bits per heavy atom. The van der Waals surface area contributed by atoms with Crippen molar-refractivity contribution in [1.82, 2.24) is 14.8 Å². The van der Waals surface area contributed by atoms with Crippen LogP contribution < -0.4 is 11.1 Å². The van der Waals surface area contributed by atoms with Crippen LogP contribution in [0.5, 0.6) is 0 Å². The Bertz CT molecular complexity index is 652. The molecule has 7 nitrogen and oxygen atoms in total. The van der Waals surface area contributed by atoms with E-state index in [0.717, 1.165) is 0 Å². The summed E-state index contributed by atoms with van der Waals surface area (Å²) in [6.07, 6.45) is 1.50. The lowest BCUT2D eigenvalue weighted by atomic mass is 10.3. The fraction of sp³-hybridized carbons (Fsp3) is 0.0909. The number of hydrogen-bond donors (Lipinski definition) is 2. The number of primary amides is 1. The van der Waals surface area contributed by atoms with E-state index in [4.69, 9.17) is 5.73 Å². The molecule has 0 saturated carbocycles. The zero-order valence-corrected chi connectivity index (χ0v) is 11.5. The van der Waals surface area contributed by atoms with Gasteiger partial charge in [-0.3, -0.25) is 14.3 Å². The Morgan fingerprint density at radius 2 is 2.16 bits per heavy atom. The first-order valence-electron chi connectivity index (χ1n) is 5.24. The van der Waals surface area contributed by atoms with Crippen molar-refractivity contribution in [2.24, 2.45) is 12.8 Å². The van der Waals surface area contributed by atoms with Gasteiger partial charge < -0.3 is 11.1 Å². The monoisotopic (exact) mass is 323 g/mol. The molecule has 8 heteroatoms. The highest BCUT2D eigenvalue weighted by atomic mass is 79.9. The Balaban J connectivity index is 2.26. The standard InChI is InChI=1S/C11H10BrN5O2/c1-17-5-7(9(16-17)10(13)18)15-11(19)6-3-2-4-8(12)14-6/h2-5H,1H3,(H2,13,18)(H,15,19). The maximum atomic E-state index is 12.0. The number of carbonyl (C=O) groups is 2. The van der Waals surface area contributed by atoms with E-state index in [1.807, 2.05) is 0 Å². The highest BCUT2D eigenvalue weighted by molar-refractivity contribution is 9.10. The van der Waals surface area contributed by atoms with Crippen LogP contribution in [0, 0.1) is 0 Å². The van der Waals surface area contributed by atoms with Crippen molar-refractivity contribution in [3.63, 3.8) is 0 Å². The third-order valence-corrected chi connectivity index (χ3v) is 2.70. The molecule has 0 fully saturated rings. The fourth-order valence-electron chi connectivity index (χ4n) is 1.48. The molecule has 0 bridgehead atoms. The summed E-state index contributed by atoms with van der Waals surface area (Å²) in [5, 5.41) is 6.42. The summed E-state index contributed by atoms with van der Waals surface area (Å²) in [4.78, 5) is 27.2. The lowest BCUT2D eigenvalue weighted by Crippen LogP contribution is -2.18. The summed E-state index contributed by atoms with van der Waals surface area (Å²) in [5.41, 5.74) is 5.65. The number of pyridine rings is 1. The largest absolute Gasteiger partial charge is 0.364 e. The van der Waals surface area contributed by atoms with Crippen molar-refractivity contribution < 1.29 is 9.59 Å². The summed E-state index contributed by atoms with van der Waals surface area (Å²) in [6, 6.07) is 4.94. The summed E-state index contributed by atoms with van der Waals surface area (Å²) >= 11 is 3.18. The van der Waals surface area contributed by atoms with E-state index < -0.39 is 11.8 Å². The Hall–Kier alpha value is -2.22. The second-order valence-electron chi connectivity index (χ2n) is 3.73. The molecule has 3 N–H and O–H groups in total. The van der Waals surface area contributed by atoms with Crippen molar-refractivity contribution >= 4 is 33.4 Å². The zero-order chi connectivity index (χ0) is 14.0. The molecule has 2 amide bonds. The molecule has 0 aliphatic carbocycles. The lowest BCUT2D eigenvalue weighted by molar-refractivity contribution is 0.0995. The predicted octanol–water partition coefficient (Wildman–Crippen LogP) is 0.929. The average molecular weight is 324 g/mol. The fourth-order valence-corrected chi connectivity index (χ4v) is 1.83. The number of carbonyl (C=O) groups excluding carboxylic acids is 2. The molecule has 2 aromatic heterocycles. The van der Waals surface area contributed by atoms with Gasteiger partial charge >= 0.3 is 0 Å². The van der Waals surface area contributed by atoms with Crippen molar-refractivity contribution in [2.75, 3.05) is 5.32 Å². The van der Waals surface area contributed by atoms with Crippen molar-refractivity contribution in [2.45, 2.75) is 0 Å². The second-order valence-corrected chi connectivity index (χ2v) is 4.54. The van der Waals surface area contributed by atoms with Gasteiger partial charge in [-0.2, -0.15) is 5.10 Å². The molecule has 0 radical (unpaired) electrons. The van der Waals surface area contributed by atoms with Gasteiger partial charge in [-0.1, -0.05) is 6.07 Å². The smallest absolute Gasteiger partial charge is 0.274 e. The van der Waals surface area contributed by atoms with Gasteiger partial charge in [0.05, 0.1) is 5.69 Å². The highest BCUT2D eigenvalue weighted by Crippen LogP contribution is 2.14. The number of nitrogens with two attached hydrogens (primary N) is 1. The Labute approximate surface area is 116 Å². The van der Waals surface area contributed by atoms with Gasteiger partial charge in [-0.05, 0) is 28.1 Å². The first-order valence-corrected chi connectivity index (χ1v) is 6.04. The van der Waals surface area contributed by atoms with E-state index in [9.17, 15) is 9.59 Å². The maximum Gasteiger partial charge on any atom is 0.274 e. The molecule has 2 heterocycles. The van der Waals surface area contributed by atoms with E-state index in [-0.39, 0.29) is 17.1 Å². The summed E-state index contributed by atoms with van der Waals surface area (Å²) in [6.45, 7) is 0. The van der Waals surface area contributed by atoms with Gasteiger partial charge in [0.2, 0.25) is 0 Å². The zero-order valence-electron chi connectivity index (χ0n) is 9.92. The number of amides is 2. The first-order chi connectivity index (χ1) is 8.97. The van der Waals surface area contributed by atoms with Crippen LogP contribution in [-0.4, -0.2) is 26.6 Å². The number of aromatic nitrogens is 3. The third-order valence-electron chi connectivity index (χ3n) is 2.26. The lowest BCUT2D eigenvalue weighted by Gasteiger charge is -2.03. The molecule has 0 saturated heterocycles. The predicted molar refractivity (Wildman–Crippen MR) is 71.6 cm³/mol. The van der Waals surface area contributed by atoms with E-state index in [1.165, 1.54) is 10.9 Å². The number of rotatable bonds is 3. The van der Waals surface area contributed by atoms with Gasteiger partial charge in [0.25, 0.3) is 11.8 Å². The van der Waals surface area contributed by atoms with Crippen LogP contribution in [0.2, 0.25) is 0 Å². The van der Waals surface area contributed by atoms with Gasteiger partial charge in [-0.25, -0.2) is 4.98 Å². The maximum absolute atomic E-state index is 12.0. The molecule has 0 aliphatic heterocycles. The van der Waals surface area contributed by atoms with Crippen LogP contribution in [0.3, 0.4) is 0 Å². The second kappa shape index (κ2) is 5.19. The molecular formula is C11H10BrN5O2. The number of nitrogens with one attached hydrogen (secondary N) is 1. The van der Waals surface area contributed by atoms with Crippen LogP contribution in [-0.2, 0) is 7.05 Å². The number of halogens is 1. The number of aryl methyl sites for hydroxylation is 1. The highest BCUT2D eigenvalue weighted by Gasteiger charge is 2.16. The number of nitrogens with zero attached hydrogens (tertiary/aromatic N) is 3. The van der Waals surface area contributed by atoms with Gasteiger partial charge in [0, 0.05) is 13.2 Å². The number of hydrogen-bond acceptors (Lipinski definition) is 4. The van der Waals surface area contributed by atoms with E-state index in [2.05, 4.69) is 31.3 Å². The molecule has 0 aliphatic rings. The van der Waals surface area contributed by atoms with Crippen molar-refractivity contribution in [1.29, 1.82) is 0 Å². The molecule has 0 aromatic carbocycles. The third kappa shape index (κ3) is 2.97. The van der Waals surface area contributed by atoms with Crippen LogP contribution in [0.4, 0.5) is 5.69 Å². The van der Waals surface area contributed by atoms with Gasteiger partial charge in [0.1, 0.15) is 10.3 Å². The normalized spacial score (nSPS) is 10.2. The summed E-state index contributed by atoms with van der Waals surface area (Å²) in [7, 11) is 1.62. The molecule has 0 atom stereocenters. The minimum absolute atomic E-state index is 0.00541. The molecule has 0 unspecified atom stereocenters. The van der Waals surface area contributed by atoms with Crippen LogP contribution in [0.25, 0.3) is 0 Å². The van der Waals surface area contributed by atoms with E-state index in [1.54, 1.807) is 25.2 Å². The minimum Gasteiger partial charge on any atom is -0.364 e. The summed E-state index contributed by atoms with van der Waals surface area (Å²) in [5.74, 6) is -1.16. The Morgan fingerprint density at radius 1 is 1.42 bits per heavy atom. The molecule has 2 aromatic rings. The van der Waals surface area contributed by atoms with E-state index in [0.29, 0.717) is 4.60 Å². The topological polar surface area (TPSA) is 103 Å². The molecule has 0 spiro atoms. The van der Waals surface area contributed by atoms with Crippen LogP contribution >= 0.6 is 15.9 Å². The van der Waals surface area contributed by atoms with E-state index >= 15 is 0 Å². The quantitative estimate of drug-likeness (QED) is 0.820. The average Bonchev–Trinajstić information content (AvgIpc) is 2.70. The first kappa shape index (κ1) is 13.2. The summed E-state index contributed by atoms with van der Waals surface area (Å²) < 4.78 is 1.94. The SMILES string of the molecule is Cn1cc(NC(=O)c2cccc(Br)n2)c(C(N)=O)n1. The Kier molecular flexibility index (Phi) is 3.61. The number of anilines is 1. The van der Waals surface area contributed by atoms with Crippen molar-refractivity contribution in [3.05, 3.63) is 40.4 Å². The molecule has 98 valence electrons. The van der Waals surface area contributed by atoms with Crippen LogP contribution in [0.15, 0.2) is 29.0 Å². The van der Waals surface area contributed by atoms with Crippen LogP contribution in [0.1, 0.15) is 21.0 Å². The van der Waals surface area contributed by atoms with Crippen molar-refractivity contribution in [3.8, 4) is 0 Å². The molecular weight excluding hydrogens is 314 g/mol. The minimum atomic E-state index is -0.710. The molecule has 2 rings (SSSR count). The molecule has 19 heavy (non-hydrogen) atoms.